The largest absolute Gasteiger partial charge is 0.388 e. The van der Waals surface area contributed by atoms with Crippen molar-refractivity contribution in [3.05, 3.63) is 40.1 Å². The van der Waals surface area contributed by atoms with Crippen LogP contribution in [0.1, 0.15) is 19.4 Å². The quantitative estimate of drug-likeness (QED) is 0.924. The standard InChI is InChI=1S/C17H18N2OS2/c1-10(2)15(20)16-14(19-8-7-18-17(19)22-16)12-9-21-13-6-4-3-5-11(12)13/h3-6,9-10,15,20H,7-8H2,1-2H3. The molecule has 0 amide bonds. The lowest BCUT2D eigenvalue weighted by Crippen LogP contribution is -2.21. The minimum absolute atomic E-state index is 0.197. The molecular formula is C17H18N2OS2. The number of hydrogen-bond acceptors (Lipinski definition) is 5. The van der Waals surface area contributed by atoms with Crippen LogP contribution >= 0.6 is 23.1 Å². The van der Waals surface area contributed by atoms with Crippen molar-refractivity contribution in [3.8, 4) is 0 Å². The van der Waals surface area contributed by atoms with E-state index in [9.17, 15) is 5.11 Å². The Morgan fingerprint density at radius 1 is 1.27 bits per heavy atom. The van der Waals surface area contributed by atoms with Crippen molar-refractivity contribution in [2.75, 3.05) is 13.1 Å². The van der Waals surface area contributed by atoms with Crippen LogP contribution in [0.2, 0.25) is 0 Å². The number of aliphatic hydroxyl groups excluding tert-OH is 1. The molecule has 1 N–H and O–H groups in total. The number of aliphatic hydroxyl groups is 1. The molecule has 22 heavy (non-hydrogen) atoms. The highest BCUT2D eigenvalue weighted by Gasteiger charge is 2.37. The molecule has 0 spiro atoms. The van der Waals surface area contributed by atoms with Crippen LogP contribution in [0.25, 0.3) is 15.8 Å². The maximum atomic E-state index is 10.7. The van der Waals surface area contributed by atoms with E-state index in [0.717, 1.165) is 23.2 Å². The summed E-state index contributed by atoms with van der Waals surface area (Å²) in [6, 6.07) is 8.48. The van der Waals surface area contributed by atoms with E-state index in [0.29, 0.717) is 0 Å². The van der Waals surface area contributed by atoms with Gasteiger partial charge in [0.25, 0.3) is 0 Å². The third-order valence-corrected chi connectivity index (χ3v) is 6.29. The highest BCUT2D eigenvalue weighted by Crippen LogP contribution is 2.46. The molecule has 0 radical (unpaired) electrons. The zero-order valence-corrected chi connectivity index (χ0v) is 14.2. The summed E-state index contributed by atoms with van der Waals surface area (Å²) in [6.07, 6.45) is -0.438. The average Bonchev–Trinajstić information content (AvgIpc) is 3.19. The second-order valence-electron chi connectivity index (χ2n) is 5.97. The molecule has 3 heterocycles. The number of benzene rings is 1. The van der Waals surface area contributed by atoms with E-state index >= 15 is 0 Å². The van der Waals surface area contributed by atoms with Gasteiger partial charge in [-0.2, -0.15) is 0 Å². The molecule has 2 aliphatic rings. The van der Waals surface area contributed by atoms with Crippen molar-refractivity contribution in [1.82, 2.24) is 4.90 Å². The highest BCUT2D eigenvalue weighted by molar-refractivity contribution is 8.17. The molecule has 1 atom stereocenters. The topological polar surface area (TPSA) is 35.8 Å². The third-order valence-electron chi connectivity index (χ3n) is 4.14. The van der Waals surface area contributed by atoms with Gasteiger partial charge in [0.05, 0.1) is 18.3 Å². The van der Waals surface area contributed by atoms with Gasteiger partial charge in [0.1, 0.15) is 0 Å². The normalized spacial score (nSPS) is 19.3. The number of rotatable bonds is 3. The lowest BCUT2D eigenvalue weighted by atomic mass is 10.0. The summed E-state index contributed by atoms with van der Waals surface area (Å²) in [7, 11) is 0. The molecule has 2 aromatic rings. The number of thiophene rings is 1. The number of hydrogen-bond donors (Lipinski definition) is 1. The number of fused-ring (bicyclic) bond motifs is 2. The molecule has 5 heteroatoms. The van der Waals surface area contributed by atoms with Crippen LogP contribution < -0.4 is 0 Å². The van der Waals surface area contributed by atoms with Crippen LogP contribution in [0, 0.1) is 5.92 Å². The smallest absolute Gasteiger partial charge is 0.168 e. The Hall–Kier alpha value is -1.30. The van der Waals surface area contributed by atoms with Gasteiger partial charge in [-0.3, -0.25) is 4.99 Å². The van der Waals surface area contributed by atoms with E-state index in [2.05, 4.69) is 53.4 Å². The maximum Gasteiger partial charge on any atom is 0.168 e. The second kappa shape index (κ2) is 5.41. The first-order valence-corrected chi connectivity index (χ1v) is 9.25. The van der Waals surface area contributed by atoms with E-state index in [1.54, 1.807) is 23.1 Å². The van der Waals surface area contributed by atoms with Crippen LogP contribution in [0.15, 0.2) is 39.5 Å². The van der Waals surface area contributed by atoms with E-state index in [-0.39, 0.29) is 5.92 Å². The minimum Gasteiger partial charge on any atom is -0.388 e. The molecule has 0 aliphatic carbocycles. The Kier molecular flexibility index (Phi) is 3.51. The maximum absolute atomic E-state index is 10.7. The number of thioether (sulfide) groups is 1. The van der Waals surface area contributed by atoms with Crippen LogP contribution in [-0.2, 0) is 0 Å². The van der Waals surface area contributed by atoms with E-state index in [4.69, 9.17) is 0 Å². The molecule has 1 aromatic heterocycles. The zero-order chi connectivity index (χ0) is 15.3. The van der Waals surface area contributed by atoms with Crippen molar-refractivity contribution in [3.63, 3.8) is 0 Å². The fraction of sp³-hybridized carbons (Fsp3) is 0.353. The van der Waals surface area contributed by atoms with Crippen LogP contribution in [0.5, 0.6) is 0 Å². The molecule has 0 saturated carbocycles. The van der Waals surface area contributed by atoms with Gasteiger partial charge in [0.15, 0.2) is 5.17 Å². The molecule has 2 aliphatic heterocycles. The molecular weight excluding hydrogens is 312 g/mol. The summed E-state index contributed by atoms with van der Waals surface area (Å²) in [5.41, 5.74) is 2.40. The van der Waals surface area contributed by atoms with Gasteiger partial charge in [-0.05, 0) is 12.0 Å². The monoisotopic (exact) mass is 330 g/mol. The van der Waals surface area contributed by atoms with Gasteiger partial charge in [0.2, 0.25) is 0 Å². The lowest BCUT2D eigenvalue weighted by molar-refractivity contribution is 0.168. The molecule has 3 nitrogen and oxygen atoms in total. The van der Waals surface area contributed by atoms with Gasteiger partial charge < -0.3 is 10.0 Å². The summed E-state index contributed by atoms with van der Waals surface area (Å²) in [5.74, 6) is 0.197. The predicted octanol–water partition coefficient (Wildman–Crippen LogP) is 4.01. The summed E-state index contributed by atoms with van der Waals surface area (Å²) >= 11 is 3.41. The van der Waals surface area contributed by atoms with Crippen molar-refractivity contribution in [1.29, 1.82) is 0 Å². The lowest BCUT2D eigenvalue weighted by Gasteiger charge is -2.20. The fourth-order valence-electron chi connectivity index (χ4n) is 2.94. The summed E-state index contributed by atoms with van der Waals surface area (Å²) in [5, 5.41) is 15.2. The molecule has 0 bridgehead atoms. The summed E-state index contributed by atoms with van der Waals surface area (Å²) in [6.45, 7) is 5.88. The second-order valence-corrected chi connectivity index (χ2v) is 7.89. The van der Waals surface area contributed by atoms with Gasteiger partial charge in [-0.15, -0.1) is 11.3 Å². The van der Waals surface area contributed by atoms with Crippen LogP contribution in [-0.4, -0.2) is 34.4 Å². The summed E-state index contributed by atoms with van der Waals surface area (Å²) < 4.78 is 1.29. The molecule has 0 saturated heterocycles. The Balaban J connectivity index is 1.91. The Bertz CT molecular complexity index is 791. The SMILES string of the molecule is CC(C)C(O)C1=C(c2csc3ccccc23)N2CCN=C2S1. The Labute approximate surface area is 138 Å². The third kappa shape index (κ3) is 2.11. The van der Waals surface area contributed by atoms with Crippen LogP contribution in [0.3, 0.4) is 0 Å². The Morgan fingerprint density at radius 3 is 2.91 bits per heavy atom. The first-order valence-electron chi connectivity index (χ1n) is 7.55. The first kappa shape index (κ1) is 14.3. The van der Waals surface area contributed by atoms with E-state index in [1.165, 1.54) is 21.3 Å². The van der Waals surface area contributed by atoms with Crippen molar-refractivity contribution < 1.29 is 5.11 Å². The number of aliphatic imine (C=N–C) groups is 1. The van der Waals surface area contributed by atoms with E-state index in [1.807, 2.05) is 0 Å². The predicted molar refractivity (Wildman–Crippen MR) is 96.2 cm³/mol. The molecule has 4 rings (SSSR count). The Morgan fingerprint density at radius 2 is 2.09 bits per heavy atom. The van der Waals surface area contributed by atoms with Gasteiger partial charge >= 0.3 is 0 Å². The molecule has 114 valence electrons. The summed E-state index contributed by atoms with van der Waals surface area (Å²) in [4.78, 5) is 7.92. The fourth-order valence-corrected chi connectivity index (χ4v) is 5.24. The minimum atomic E-state index is -0.438. The van der Waals surface area contributed by atoms with Gasteiger partial charge in [-0.25, -0.2) is 0 Å². The highest BCUT2D eigenvalue weighted by atomic mass is 32.2. The number of nitrogens with zero attached hydrogens (tertiary/aromatic N) is 2. The molecule has 0 fully saturated rings. The first-order chi connectivity index (χ1) is 10.7. The zero-order valence-electron chi connectivity index (χ0n) is 12.6. The molecule has 1 aromatic carbocycles. The van der Waals surface area contributed by atoms with Crippen molar-refractivity contribution in [2.45, 2.75) is 20.0 Å². The van der Waals surface area contributed by atoms with Crippen molar-refractivity contribution in [2.24, 2.45) is 10.9 Å². The van der Waals surface area contributed by atoms with Crippen LogP contribution in [0.4, 0.5) is 0 Å². The average molecular weight is 330 g/mol. The number of amidine groups is 1. The molecule has 1 unspecified atom stereocenters. The van der Waals surface area contributed by atoms with E-state index < -0.39 is 6.10 Å². The van der Waals surface area contributed by atoms with Crippen molar-refractivity contribution >= 4 is 44.0 Å². The van der Waals surface area contributed by atoms with Gasteiger partial charge in [-0.1, -0.05) is 43.8 Å². The van der Waals surface area contributed by atoms with Gasteiger partial charge in [0, 0.05) is 32.5 Å².